The van der Waals surface area contributed by atoms with Gasteiger partial charge in [-0.25, -0.2) is 0 Å². The Labute approximate surface area is 96.2 Å². The second-order valence-electron chi connectivity index (χ2n) is 4.23. The van der Waals surface area contributed by atoms with E-state index < -0.39 is 0 Å². The molecule has 0 unspecified atom stereocenters. The quantitative estimate of drug-likeness (QED) is 0.824. The minimum atomic E-state index is -0.378. The van der Waals surface area contributed by atoms with Crippen LogP contribution in [0.3, 0.4) is 0 Å². The van der Waals surface area contributed by atoms with Crippen molar-refractivity contribution < 1.29 is 4.79 Å². The van der Waals surface area contributed by atoms with Gasteiger partial charge in [0.05, 0.1) is 5.56 Å². The van der Waals surface area contributed by atoms with E-state index in [1.807, 2.05) is 12.1 Å². The highest BCUT2D eigenvalue weighted by atomic mass is 16.1. The van der Waals surface area contributed by atoms with Crippen molar-refractivity contribution in [2.45, 2.75) is 19.3 Å². The second-order valence-corrected chi connectivity index (χ2v) is 4.23. The highest BCUT2D eigenvalue weighted by Gasteiger charge is 2.13. The summed E-state index contributed by atoms with van der Waals surface area (Å²) < 4.78 is 0. The van der Waals surface area contributed by atoms with Crippen LogP contribution in [0.2, 0.25) is 0 Å². The van der Waals surface area contributed by atoms with E-state index in [-0.39, 0.29) is 5.91 Å². The molecule has 0 saturated carbocycles. The lowest BCUT2D eigenvalue weighted by molar-refractivity contribution is 0.0999. The predicted octanol–water partition coefficient (Wildman–Crippen LogP) is 1.22. The molecule has 1 radical (unpaired) electrons. The summed E-state index contributed by atoms with van der Waals surface area (Å²) in [6.07, 6.45) is 3.47. The normalized spacial score (nSPS) is 16.5. The number of nitrogens with zero attached hydrogens (tertiary/aromatic N) is 1. The average molecular weight is 217 g/mol. The minimum absolute atomic E-state index is 0.378. The number of hydrogen-bond donors (Lipinski definition) is 1. The molecule has 3 nitrogen and oxygen atoms in total. The first kappa shape index (κ1) is 11.1. The van der Waals surface area contributed by atoms with Crippen LogP contribution in [-0.2, 0) is 6.42 Å². The number of hydrogen-bond acceptors (Lipinski definition) is 2. The van der Waals surface area contributed by atoms with Crippen molar-refractivity contribution in [3.63, 3.8) is 0 Å². The molecular formula is C13H17N2O. The third-order valence-corrected chi connectivity index (χ3v) is 3.08. The fraction of sp³-hybridized carbons (Fsp3) is 0.462. The standard InChI is InChI=1S/C13H17N2O/c14-13(16)12-6-2-1-5-11(12)7-10-15-8-3-4-9-15/h1-2,5H,3-4,7-10H2,(H2,14,16). The van der Waals surface area contributed by atoms with Gasteiger partial charge in [-0.15, -0.1) is 0 Å². The first-order chi connectivity index (χ1) is 7.77. The number of nitrogens with two attached hydrogens (primary N) is 1. The maximum atomic E-state index is 11.2. The summed E-state index contributed by atoms with van der Waals surface area (Å²) in [7, 11) is 0. The highest BCUT2D eigenvalue weighted by molar-refractivity contribution is 5.94. The maximum absolute atomic E-state index is 11.2. The molecule has 0 spiro atoms. The van der Waals surface area contributed by atoms with Gasteiger partial charge in [0.25, 0.3) is 0 Å². The van der Waals surface area contributed by atoms with E-state index in [4.69, 9.17) is 5.73 Å². The van der Waals surface area contributed by atoms with Crippen LogP contribution < -0.4 is 5.73 Å². The molecule has 1 fully saturated rings. The molecule has 1 saturated heterocycles. The molecule has 0 aromatic heterocycles. The Morgan fingerprint density at radius 1 is 1.44 bits per heavy atom. The summed E-state index contributed by atoms with van der Waals surface area (Å²) in [6, 6.07) is 8.53. The van der Waals surface area contributed by atoms with Gasteiger partial charge < -0.3 is 10.6 Å². The van der Waals surface area contributed by atoms with Gasteiger partial charge in [-0.05, 0) is 44.0 Å². The largest absolute Gasteiger partial charge is 0.366 e. The van der Waals surface area contributed by atoms with Gasteiger partial charge in [0.1, 0.15) is 0 Å². The van der Waals surface area contributed by atoms with Crippen molar-refractivity contribution in [3.05, 3.63) is 35.4 Å². The van der Waals surface area contributed by atoms with Crippen LogP contribution in [0, 0.1) is 6.07 Å². The number of likely N-dealkylation sites (tertiary alicyclic amines) is 1. The molecule has 1 amide bonds. The molecule has 1 aliphatic heterocycles. The average Bonchev–Trinajstić information content (AvgIpc) is 2.79. The summed E-state index contributed by atoms with van der Waals surface area (Å²) in [5.41, 5.74) is 6.87. The van der Waals surface area contributed by atoms with Gasteiger partial charge >= 0.3 is 0 Å². The topological polar surface area (TPSA) is 46.3 Å². The molecule has 16 heavy (non-hydrogen) atoms. The molecule has 3 heteroatoms. The smallest absolute Gasteiger partial charge is 0.249 e. The summed E-state index contributed by atoms with van der Waals surface area (Å²) >= 11 is 0. The van der Waals surface area contributed by atoms with Gasteiger partial charge in [0.15, 0.2) is 0 Å². The molecular weight excluding hydrogens is 200 g/mol. The second kappa shape index (κ2) is 5.12. The molecule has 0 atom stereocenters. The fourth-order valence-corrected chi connectivity index (χ4v) is 2.19. The molecule has 1 heterocycles. The van der Waals surface area contributed by atoms with Crippen LogP contribution >= 0.6 is 0 Å². The molecule has 1 aliphatic rings. The SMILES string of the molecule is NC(=O)c1[c]cccc1CCN1CCCC1. The fourth-order valence-electron chi connectivity index (χ4n) is 2.19. The van der Waals surface area contributed by atoms with Crippen molar-refractivity contribution in [1.82, 2.24) is 4.90 Å². The number of rotatable bonds is 4. The Balaban J connectivity index is 2.00. The lowest BCUT2D eigenvalue weighted by Crippen LogP contribution is -2.23. The molecule has 2 N–H and O–H groups in total. The molecule has 1 aromatic carbocycles. The third kappa shape index (κ3) is 2.61. The predicted molar refractivity (Wildman–Crippen MR) is 63.2 cm³/mol. The van der Waals surface area contributed by atoms with E-state index in [9.17, 15) is 4.79 Å². The van der Waals surface area contributed by atoms with Crippen molar-refractivity contribution in [2.75, 3.05) is 19.6 Å². The Hall–Kier alpha value is -1.35. The Morgan fingerprint density at radius 2 is 2.19 bits per heavy atom. The van der Waals surface area contributed by atoms with Gasteiger partial charge in [-0.3, -0.25) is 4.79 Å². The van der Waals surface area contributed by atoms with E-state index in [0.717, 1.165) is 18.5 Å². The van der Waals surface area contributed by atoms with E-state index >= 15 is 0 Å². The molecule has 0 aliphatic carbocycles. The minimum Gasteiger partial charge on any atom is -0.366 e. The van der Waals surface area contributed by atoms with Gasteiger partial charge in [0.2, 0.25) is 5.91 Å². The first-order valence-electron chi connectivity index (χ1n) is 5.79. The van der Waals surface area contributed by atoms with Crippen molar-refractivity contribution in [2.24, 2.45) is 5.73 Å². The molecule has 85 valence electrons. The number of amides is 1. The summed E-state index contributed by atoms with van der Waals surface area (Å²) in [5.74, 6) is -0.378. The highest BCUT2D eigenvalue weighted by Crippen LogP contribution is 2.12. The van der Waals surface area contributed by atoms with Crippen molar-refractivity contribution in [3.8, 4) is 0 Å². The molecule has 0 bridgehead atoms. The van der Waals surface area contributed by atoms with E-state index in [1.54, 1.807) is 6.07 Å². The zero-order chi connectivity index (χ0) is 11.4. The Kier molecular flexibility index (Phi) is 3.57. The first-order valence-corrected chi connectivity index (χ1v) is 5.79. The van der Waals surface area contributed by atoms with Gasteiger partial charge in [0, 0.05) is 6.54 Å². The zero-order valence-corrected chi connectivity index (χ0v) is 9.41. The Morgan fingerprint density at radius 3 is 2.88 bits per heavy atom. The third-order valence-electron chi connectivity index (χ3n) is 3.08. The lowest BCUT2D eigenvalue weighted by atomic mass is 10.0. The molecule has 2 rings (SSSR count). The van der Waals surface area contributed by atoms with Crippen LogP contribution in [0.25, 0.3) is 0 Å². The van der Waals surface area contributed by atoms with Gasteiger partial charge in [-0.1, -0.05) is 18.2 Å². The maximum Gasteiger partial charge on any atom is 0.249 e. The molecule has 1 aromatic rings. The Bertz CT molecular complexity index is 370. The van der Waals surface area contributed by atoms with Crippen LogP contribution in [0.5, 0.6) is 0 Å². The number of primary amides is 1. The number of carbonyl (C=O) groups excluding carboxylic acids is 1. The monoisotopic (exact) mass is 217 g/mol. The van der Waals surface area contributed by atoms with Gasteiger partial charge in [-0.2, -0.15) is 0 Å². The van der Waals surface area contributed by atoms with Crippen molar-refractivity contribution in [1.29, 1.82) is 0 Å². The summed E-state index contributed by atoms with van der Waals surface area (Å²) in [4.78, 5) is 13.6. The summed E-state index contributed by atoms with van der Waals surface area (Å²) in [6.45, 7) is 3.38. The number of carbonyl (C=O) groups is 1. The number of benzene rings is 1. The summed E-state index contributed by atoms with van der Waals surface area (Å²) in [5, 5.41) is 0. The zero-order valence-electron chi connectivity index (χ0n) is 9.41. The van der Waals surface area contributed by atoms with Crippen LogP contribution in [-0.4, -0.2) is 30.4 Å². The van der Waals surface area contributed by atoms with Crippen LogP contribution in [0.15, 0.2) is 18.2 Å². The van der Waals surface area contributed by atoms with Crippen LogP contribution in [0.4, 0.5) is 0 Å². The lowest BCUT2D eigenvalue weighted by Gasteiger charge is -2.15. The van der Waals surface area contributed by atoms with E-state index in [2.05, 4.69) is 11.0 Å². The van der Waals surface area contributed by atoms with Crippen LogP contribution in [0.1, 0.15) is 28.8 Å². The van der Waals surface area contributed by atoms with E-state index in [0.29, 0.717) is 5.56 Å². The van der Waals surface area contributed by atoms with E-state index in [1.165, 1.54) is 25.9 Å². The van der Waals surface area contributed by atoms with Crippen molar-refractivity contribution >= 4 is 5.91 Å².